The van der Waals surface area contributed by atoms with Gasteiger partial charge in [-0.1, -0.05) is 31.1 Å². The van der Waals surface area contributed by atoms with Crippen LogP contribution in [-0.2, 0) is 4.79 Å². The van der Waals surface area contributed by atoms with Gasteiger partial charge in [-0.2, -0.15) is 0 Å². The van der Waals surface area contributed by atoms with Crippen LogP contribution in [0.3, 0.4) is 0 Å². The summed E-state index contributed by atoms with van der Waals surface area (Å²) >= 11 is 0. The molecule has 0 aromatic rings. The second-order valence-corrected chi connectivity index (χ2v) is 4.44. The summed E-state index contributed by atoms with van der Waals surface area (Å²) < 4.78 is 0. The summed E-state index contributed by atoms with van der Waals surface area (Å²) in [5.74, 6) is -0.771. The van der Waals surface area contributed by atoms with Gasteiger partial charge in [-0.15, -0.1) is 0 Å². The lowest BCUT2D eigenvalue weighted by Gasteiger charge is -2.63. The highest BCUT2D eigenvalue weighted by atomic mass is 16.4. The molecule has 0 amide bonds. The Morgan fingerprint density at radius 2 is 1.85 bits per heavy atom. The van der Waals surface area contributed by atoms with Crippen molar-refractivity contribution in [2.75, 3.05) is 0 Å². The third-order valence-electron chi connectivity index (χ3n) is 4.33. The summed E-state index contributed by atoms with van der Waals surface area (Å²) in [6.07, 6.45) is 1.89. The first-order chi connectivity index (χ1) is 5.85. The van der Waals surface area contributed by atoms with E-state index in [1.54, 1.807) is 0 Å². The molecule has 1 N–H and O–H groups in total. The average Bonchev–Trinajstić information content (AvgIpc) is 2.08. The number of aliphatic carboxylic acids is 1. The van der Waals surface area contributed by atoms with Gasteiger partial charge in [0.15, 0.2) is 0 Å². The number of hydrogen-bond donors (Lipinski definition) is 1. The van der Waals surface area contributed by atoms with Gasteiger partial charge in [-0.3, -0.25) is 0 Å². The van der Waals surface area contributed by atoms with Crippen molar-refractivity contribution in [2.45, 2.75) is 27.7 Å². The Kier molecular flexibility index (Phi) is 1.24. The molecule has 70 valence electrons. The van der Waals surface area contributed by atoms with Gasteiger partial charge in [0, 0.05) is 16.4 Å². The van der Waals surface area contributed by atoms with Crippen LogP contribution in [-0.4, -0.2) is 11.1 Å². The second kappa shape index (κ2) is 1.89. The molecule has 2 atom stereocenters. The minimum Gasteiger partial charge on any atom is -0.478 e. The molecule has 2 heteroatoms. The molecule has 0 aliphatic heterocycles. The molecule has 0 bridgehead atoms. The molecule has 2 nitrogen and oxygen atoms in total. The molecule has 0 fully saturated rings. The number of hydrogen-bond acceptors (Lipinski definition) is 1. The van der Waals surface area contributed by atoms with Gasteiger partial charge in [0.1, 0.15) is 0 Å². The van der Waals surface area contributed by atoms with Crippen molar-refractivity contribution < 1.29 is 9.90 Å². The summed E-state index contributed by atoms with van der Waals surface area (Å²) in [6, 6.07) is 0. The average molecular weight is 178 g/mol. The molecular formula is C11H14O2. The Labute approximate surface area is 78.0 Å². The van der Waals surface area contributed by atoms with Gasteiger partial charge < -0.3 is 5.11 Å². The van der Waals surface area contributed by atoms with Gasteiger partial charge in [-0.05, 0) is 13.8 Å². The van der Waals surface area contributed by atoms with Gasteiger partial charge in [0.25, 0.3) is 0 Å². The van der Waals surface area contributed by atoms with E-state index in [9.17, 15) is 4.79 Å². The monoisotopic (exact) mass is 178 g/mol. The first-order valence-corrected chi connectivity index (χ1v) is 4.51. The number of allylic oxidation sites excluding steroid dienone is 3. The highest BCUT2D eigenvalue weighted by Crippen LogP contribution is 2.71. The van der Waals surface area contributed by atoms with E-state index >= 15 is 0 Å². The van der Waals surface area contributed by atoms with Crippen LogP contribution in [0.15, 0.2) is 22.8 Å². The molecule has 2 aliphatic rings. The molecule has 2 unspecified atom stereocenters. The molecule has 0 saturated carbocycles. The molecule has 13 heavy (non-hydrogen) atoms. The molecule has 0 aromatic carbocycles. The largest absolute Gasteiger partial charge is 0.478 e. The van der Waals surface area contributed by atoms with Crippen LogP contribution in [0.25, 0.3) is 0 Å². The highest BCUT2D eigenvalue weighted by molar-refractivity contribution is 5.94. The molecule has 2 aliphatic carbocycles. The van der Waals surface area contributed by atoms with Crippen LogP contribution >= 0.6 is 0 Å². The van der Waals surface area contributed by atoms with Crippen LogP contribution in [0, 0.1) is 10.8 Å². The number of carboxylic acid groups (broad SMARTS) is 1. The summed E-state index contributed by atoms with van der Waals surface area (Å²) in [7, 11) is 0. The third-order valence-corrected chi connectivity index (χ3v) is 4.33. The van der Waals surface area contributed by atoms with E-state index in [1.807, 2.05) is 19.9 Å². The van der Waals surface area contributed by atoms with Crippen molar-refractivity contribution in [3.63, 3.8) is 0 Å². The summed E-state index contributed by atoms with van der Waals surface area (Å²) in [4.78, 5) is 10.9. The van der Waals surface area contributed by atoms with E-state index in [4.69, 9.17) is 5.11 Å². The number of carboxylic acids is 1. The summed E-state index contributed by atoms with van der Waals surface area (Å²) in [6.45, 7) is 8.26. The van der Waals surface area contributed by atoms with Gasteiger partial charge in [-0.25, -0.2) is 4.79 Å². The van der Waals surface area contributed by atoms with Crippen LogP contribution < -0.4 is 0 Å². The maximum atomic E-state index is 10.9. The normalized spacial score (nSPS) is 41.7. The number of carbonyl (C=O) groups is 1. The molecule has 0 heterocycles. The Morgan fingerprint density at radius 3 is 2.23 bits per heavy atom. The molecular weight excluding hydrogens is 164 g/mol. The first-order valence-electron chi connectivity index (χ1n) is 4.51. The maximum Gasteiger partial charge on any atom is 0.332 e. The lowest BCUT2D eigenvalue weighted by molar-refractivity contribution is -0.135. The maximum absolute atomic E-state index is 10.9. The minimum atomic E-state index is -0.771. The zero-order valence-electron chi connectivity index (χ0n) is 8.43. The van der Waals surface area contributed by atoms with E-state index in [2.05, 4.69) is 13.8 Å². The molecule has 0 radical (unpaired) electrons. The van der Waals surface area contributed by atoms with Crippen LogP contribution in [0.1, 0.15) is 27.7 Å². The molecule has 0 aromatic heterocycles. The minimum absolute atomic E-state index is 0.0187. The van der Waals surface area contributed by atoms with Crippen LogP contribution in [0.2, 0.25) is 0 Å². The molecule has 2 rings (SSSR count). The fourth-order valence-electron chi connectivity index (χ4n) is 2.83. The fraction of sp³-hybridized carbons (Fsp3) is 0.545. The Bertz CT molecular complexity index is 376. The molecule has 0 spiro atoms. The lowest BCUT2D eigenvalue weighted by Crippen LogP contribution is -2.57. The van der Waals surface area contributed by atoms with Gasteiger partial charge >= 0.3 is 5.97 Å². The lowest BCUT2D eigenvalue weighted by atomic mass is 9.39. The second-order valence-electron chi connectivity index (χ2n) is 4.44. The van der Waals surface area contributed by atoms with E-state index in [0.29, 0.717) is 5.57 Å². The zero-order valence-corrected chi connectivity index (χ0v) is 8.43. The van der Waals surface area contributed by atoms with Crippen molar-refractivity contribution >= 4 is 5.97 Å². The highest BCUT2D eigenvalue weighted by Gasteiger charge is 2.64. The topological polar surface area (TPSA) is 37.3 Å². The standard InChI is InChI=1S/C11H14O2/c1-6-7(2)11(4)8(9(12)13)5-10(6,11)3/h5H,1-4H3,(H,12,13). The predicted molar refractivity (Wildman–Crippen MR) is 50.3 cm³/mol. The fourth-order valence-corrected chi connectivity index (χ4v) is 2.83. The SMILES string of the molecule is CC1=C(C)C2(C)C(C(=O)O)=CC12C. The third kappa shape index (κ3) is 0.578. The van der Waals surface area contributed by atoms with Crippen molar-refractivity contribution in [3.8, 4) is 0 Å². The van der Waals surface area contributed by atoms with Crippen molar-refractivity contribution in [2.24, 2.45) is 10.8 Å². The van der Waals surface area contributed by atoms with Gasteiger partial charge in [0.05, 0.1) is 0 Å². The van der Waals surface area contributed by atoms with E-state index in [-0.39, 0.29) is 10.8 Å². The Morgan fingerprint density at radius 1 is 1.31 bits per heavy atom. The smallest absolute Gasteiger partial charge is 0.332 e. The quantitative estimate of drug-likeness (QED) is 0.626. The van der Waals surface area contributed by atoms with Crippen molar-refractivity contribution in [1.29, 1.82) is 0 Å². The van der Waals surface area contributed by atoms with E-state index < -0.39 is 5.97 Å². The number of fused-ring (bicyclic) bond motifs is 1. The van der Waals surface area contributed by atoms with Crippen molar-refractivity contribution in [1.82, 2.24) is 0 Å². The van der Waals surface area contributed by atoms with E-state index in [0.717, 1.165) is 0 Å². The predicted octanol–water partition coefficient (Wildman–Crippen LogP) is 2.37. The summed E-state index contributed by atoms with van der Waals surface area (Å²) in [5.41, 5.74) is 2.96. The van der Waals surface area contributed by atoms with Crippen molar-refractivity contribution in [3.05, 3.63) is 22.8 Å². The van der Waals surface area contributed by atoms with Crippen LogP contribution in [0.5, 0.6) is 0 Å². The zero-order chi connectivity index (χ0) is 10.0. The number of rotatable bonds is 1. The Hall–Kier alpha value is -1.05. The van der Waals surface area contributed by atoms with Gasteiger partial charge in [0.2, 0.25) is 0 Å². The first kappa shape index (κ1) is 8.54. The summed E-state index contributed by atoms with van der Waals surface area (Å²) in [5, 5.41) is 8.95. The van der Waals surface area contributed by atoms with E-state index in [1.165, 1.54) is 11.1 Å². The Balaban J connectivity index is 2.51. The van der Waals surface area contributed by atoms with Crippen LogP contribution in [0.4, 0.5) is 0 Å². The molecule has 0 saturated heterocycles.